The summed E-state index contributed by atoms with van der Waals surface area (Å²) in [5.41, 5.74) is 0.510. The predicted octanol–water partition coefficient (Wildman–Crippen LogP) is 2.88. The van der Waals surface area contributed by atoms with E-state index in [1.165, 1.54) is 6.08 Å². The smallest absolute Gasteiger partial charge is 0.408 e. The Bertz CT molecular complexity index is 676. The van der Waals surface area contributed by atoms with Crippen LogP contribution in [0, 0.1) is 0 Å². The molecule has 5 heteroatoms. The third-order valence-electron chi connectivity index (χ3n) is 2.98. The highest BCUT2D eigenvalue weighted by Gasteiger charge is 2.24. The van der Waals surface area contributed by atoms with Crippen LogP contribution in [-0.2, 0) is 9.53 Å². The van der Waals surface area contributed by atoms with Crippen molar-refractivity contribution in [1.82, 2.24) is 5.32 Å². The Hall–Kier alpha value is -2.82. The Balaban J connectivity index is 2.35. The Kier molecular flexibility index (Phi) is 4.56. The number of alkyl carbamates (subject to hydrolysis) is 1. The number of carbonyl (C=O) groups is 2. The topological polar surface area (TPSA) is 75.6 Å². The fourth-order valence-corrected chi connectivity index (χ4v) is 2.07. The predicted molar refractivity (Wildman–Crippen MR) is 79.0 cm³/mol. The Morgan fingerprint density at radius 3 is 2.67 bits per heavy atom. The standard InChI is InChI=1S/C16H15NO4/c1-2-10-21-16(20)17-14(15(18)19)13-9-5-7-11-6-3-4-8-12(11)13/h2-9,14H,1,10H2,(H,17,20)(H,18,19). The number of nitrogens with one attached hydrogen (secondary N) is 1. The van der Waals surface area contributed by atoms with Crippen molar-refractivity contribution in [3.05, 3.63) is 60.7 Å². The molecule has 0 fully saturated rings. The van der Waals surface area contributed by atoms with Crippen molar-refractivity contribution < 1.29 is 19.4 Å². The first-order chi connectivity index (χ1) is 10.1. The number of hydrogen-bond acceptors (Lipinski definition) is 3. The zero-order chi connectivity index (χ0) is 15.2. The van der Waals surface area contributed by atoms with Crippen molar-refractivity contribution >= 4 is 22.8 Å². The molecule has 0 aromatic heterocycles. The van der Waals surface area contributed by atoms with Crippen molar-refractivity contribution in [3.63, 3.8) is 0 Å². The first-order valence-electron chi connectivity index (χ1n) is 6.38. The molecule has 2 rings (SSSR count). The Morgan fingerprint density at radius 1 is 1.24 bits per heavy atom. The molecule has 1 amide bonds. The van der Waals surface area contributed by atoms with E-state index in [0.29, 0.717) is 5.56 Å². The van der Waals surface area contributed by atoms with Crippen LogP contribution in [0.1, 0.15) is 11.6 Å². The number of hydrogen-bond donors (Lipinski definition) is 2. The third-order valence-corrected chi connectivity index (χ3v) is 2.98. The van der Waals surface area contributed by atoms with Gasteiger partial charge in [-0.25, -0.2) is 9.59 Å². The van der Waals surface area contributed by atoms with Gasteiger partial charge in [-0.3, -0.25) is 0 Å². The lowest BCUT2D eigenvalue weighted by Gasteiger charge is -2.16. The number of amides is 1. The summed E-state index contributed by atoms with van der Waals surface area (Å²) in [6, 6.07) is 11.5. The lowest BCUT2D eigenvalue weighted by Crippen LogP contribution is -2.34. The molecule has 0 aliphatic heterocycles. The number of carbonyl (C=O) groups excluding carboxylic acids is 1. The minimum Gasteiger partial charge on any atom is -0.479 e. The zero-order valence-corrected chi connectivity index (χ0v) is 11.3. The SMILES string of the molecule is C=CCOC(=O)NC(C(=O)O)c1cccc2ccccc12. The number of fused-ring (bicyclic) bond motifs is 1. The fraction of sp³-hybridized carbons (Fsp3) is 0.125. The van der Waals surface area contributed by atoms with Gasteiger partial charge in [0.15, 0.2) is 6.04 Å². The second-order valence-electron chi connectivity index (χ2n) is 4.37. The molecule has 0 aliphatic rings. The van der Waals surface area contributed by atoms with E-state index in [1.54, 1.807) is 12.1 Å². The molecule has 1 unspecified atom stereocenters. The van der Waals surface area contributed by atoms with Gasteiger partial charge in [-0.05, 0) is 16.3 Å². The normalized spacial score (nSPS) is 11.6. The summed E-state index contributed by atoms with van der Waals surface area (Å²) in [6.07, 6.45) is 0.614. The summed E-state index contributed by atoms with van der Waals surface area (Å²) < 4.78 is 4.77. The highest BCUT2D eigenvalue weighted by atomic mass is 16.5. The quantitative estimate of drug-likeness (QED) is 0.828. The lowest BCUT2D eigenvalue weighted by molar-refractivity contribution is -0.139. The molecule has 1 atom stereocenters. The minimum atomic E-state index is -1.17. The molecular formula is C16H15NO4. The van der Waals surface area contributed by atoms with Gasteiger partial charge in [0.2, 0.25) is 0 Å². The fourth-order valence-electron chi connectivity index (χ4n) is 2.07. The van der Waals surface area contributed by atoms with Crippen LogP contribution < -0.4 is 5.32 Å². The largest absolute Gasteiger partial charge is 0.479 e. The van der Waals surface area contributed by atoms with E-state index in [1.807, 2.05) is 30.3 Å². The Labute approximate surface area is 121 Å². The van der Waals surface area contributed by atoms with E-state index in [0.717, 1.165) is 10.8 Å². The highest BCUT2D eigenvalue weighted by Crippen LogP contribution is 2.24. The summed E-state index contributed by atoms with van der Waals surface area (Å²) in [5.74, 6) is -1.15. The van der Waals surface area contributed by atoms with Crippen LogP contribution in [-0.4, -0.2) is 23.8 Å². The van der Waals surface area contributed by atoms with Crippen molar-refractivity contribution in [2.45, 2.75) is 6.04 Å². The van der Waals surface area contributed by atoms with Gasteiger partial charge >= 0.3 is 12.1 Å². The van der Waals surface area contributed by atoms with Crippen LogP contribution in [0.5, 0.6) is 0 Å². The van der Waals surface area contributed by atoms with Gasteiger partial charge in [0.25, 0.3) is 0 Å². The van der Waals surface area contributed by atoms with Gasteiger partial charge < -0.3 is 15.2 Å². The molecule has 0 bridgehead atoms. The summed E-state index contributed by atoms with van der Waals surface area (Å²) in [5, 5.41) is 13.4. The van der Waals surface area contributed by atoms with Gasteiger partial charge in [0.05, 0.1) is 0 Å². The van der Waals surface area contributed by atoms with E-state index in [2.05, 4.69) is 11.9 Å². The van der Waals surface area contributed by atoms with E-state index in [9.17, 15) is 14.7 Å². The second kappa shape index (κ2) is 6.56. The van der Waals surface area contributed by atoms with Crippen molar-refractivity contribution in [2.24, 2.45) is 0 Å². The van der Waals surface area contributed by atoms with E-state index >= 15 is 0 Å². The van der Waals surface area contributed by atoms with E-state index in [4.69, 9.17) is 4.74 Å². The average Bonchev–Trinajstić information content (AvgIpc) is 2.50. The van der Waals surface area contributed by atoms with Gasteiger partial charge in [-0.1, -0.05) is 55.1 Å². The molecule has 0 heterocycles. The lowest BCUT2D eigenvalue weighted by atomic mass is 9.99. The summed E-state index contributed by atoms with van der Waals surface area (Å²) in [7, 11) is 0. The van der Waals surface area contributed by atoms with Crippen molar-refractivity contribution in [3.8, 4) is 0 Å². The van der Waals surface area contributed by atoms with Gasteiger partial charge in [0, 0.05) is 0 Å². The molecule has 108 valence electrons. The van der Waals surface area contributed by atoms with Gasteiger partial charge in [0.1, 0.15) is 6.61 Å². The average molecular weight is 285 g/mol. The number of aliphatic carboxylic acids is 1. The number of carboxylic acids is 1. The minimum absolute atomic E-state index is 0.0215. The van der Waals surface area contributed by atoms with Crippen LogP contribution in [0.2, 0.25) is 0 Å². The molecule has 2 aromatic carbocycles. The first kappa shape index (κ1) is 14.6. The van der Waals surface area contributed by atoms with Gasteiger partial charge in [-0.15, -0.1) is 0 Å². The van der Waals surface area contributed by atoms with Crippen molar-refractivity contribution in [2.75, 3.05) is 6.61 Å². The molecule has 0 saturated heterocycles. The Morgan fingerprint density at radius 2 is 1.95 bits per heavy atom. The molecule has 0 spiro atoms. The van der Waals surface area contributed by atoms with Crippen LogP contribution in [0.15, 0.2) is 55.1 Å². The first-order valence-corrected chi connectivity index (χ1v) is 6.38. The molecule has 2 aromatic rings. The molecule has 21 heavy (non-hydrogen) atoms. The summed E-state index contributed by atoms with van der Waals surface area (Å²) >= 11 is 0. The number of rotatable bonds is 5. The van der Waals surface area contributed by atoms with Gasteiger partial charge in [-0.2, -0.15) is 0 Å². The molecule has 2 N–H and O–H groups in total. The summed E-state index contributed by atoms with van der Waals surface area (Å²) in [6.45, 7) is 3.45. The number of carboxylic acid groups (broad SMARTS) is 1. The van der Waals surface area contributed by atoms with Crippen LogP contribution >= 0.6 is 0 Å². The maximum atomic E-state index is 11.6. The zero-order valence-electron chi connectivity index (χ0n) is 11.3. The van der Waals surface area contributed by atoms with Crippen LogP contribution in [0.25, 0.3) is 10.8 Å². The molecule has 0 aliphatic carbocycles. The van der Waals surface area contributed by atoms with Crippen LogP contribution in [0.3, 0.4) is 0 Å². The van der Waals surface area contributed by atoms with Crippen molar-refractivity contribution in [1.29, 1.82) is 0 Å². The van der Waals surface area contributed by atoms with E-state index < -0.39 is 18.1 Å². The number of ether oxygens (including phenoxy) is 1. The maximum absolute atomic E-state index is 11.6. The maximum Gasteiger partial charge on any atom is 0.408 e. The summed E-state index contributed by atoms with van der Waals surface area (Å²) in [4.78, 5) is 23.0. The van der Waals surface area contributed by atoms with Crippen LogP contribution in [0.4, 0.5) is 4.79 Å². The molecule has 5 nitrogen and oxygen atoms in total. The third kappa shape index (κ3) is 3.39. The highest BCUT2D eigenvalue weighted by molar-refractivity contribution is 5.92. The second-order valence-corrected chi connectivity index (χ2v) is 4.37. The number of benzene rings is 2. The molecular weight excluding hydrogens is 270 g/mol. The van der Waals surface area contributed by atoms with E-state index in [-0.39, 0.29) is 6.61 Å². The molecule has 0 radical (unpaired) electrons. The molecule has 0 saturated carbocycles. The monoisotopic (exact) mass is 285 g/mol.